The number of aryl methyl sites for hydroxylation is 1. The minimum Gasteiger partial charge on any atom is -0.241 e. The molecule has 0 bridgehead atoms. The van der Waals surface area contributed by atoms with Gasteiger partial charge >= 0.3 is 0 Å². The van der Waals surface area contributed by atoms with Gasteiger partial charge in [-0.2, -0.15) is 0 Å². The lowest BCUT2D eigenvalue weighted by atomic mass is 10.3. The number of hydrogen-bond donors (Lipinski definition) is 0. The van der Waals surface area contributed by atoms with E-state index in [9.17, 15) is 0 Å². The average Bonchev–Trinajstić information content (AvgIpc) is 2.57. The highest BCUT2D eigenvalue weighted by molar-refractivity contribution is 7.78. The zero-order chi connectivity index (χ0) is 9.10. The first kappa shape index (κ1) is 8.78. The van der Waals surface area contributed by atoms with Crippen LogP contribution in [0.5, 0.6) is 0 Å². The number of para-hydroxylation sites is 1. The first-order valence-corrected chi connectivity index (χ1v) is 5.47. The van der Waals surface area contributed by atoms with Gasteiger partial charge in [0, 0.05) is 6.42 Å². The summed E-state index contributed by atoms with van der Waals surface area (Å²) in [5.41, 5.74) is 1.10. The molecule has 2 aromatic rings. The molecule has 0 saturated heterocycles. The molecule has 0 aliphatic rings. The Hall–Kier alpha value is -0.800. The van der Waals surface area contributed by atoms with Gasteiger partial charge in [-0.15, -0.1) is 11.3 Å². The normalized spacial score (nSPS) is 10.5. The molecule has 0 spiro atoms. The second-order valence-corrected chi connectivity index (χ2v) is 4.23. The second kappa shape index (κ2) is 3.94. The van der Waals surface area contributed by atoms with E-state index < -0.39 is 0 Å². The highest BCUT2D eigenvalue weighted by Gasteiger charge is 2.00. The van der Waals surface area contributed by atoms with E-state index in [-0.39, 0.29) is 0 Å². The molecule has 1 heterocycles. The van der Waals surface area contributed by atoms with Gasteiger partial charge < -0.3 is 0 Å². The summed E-state index contributed by atoms with van der Waals surface area (Å²) in [7, 11) is 0. The third-order valence-electron chi connectivity index (χ3n) is 1.81. The molecule has 66 valence electrons. The molecule has 0 N–H and O–H groups in total. The Morgan fingerprint density at radius 3 is 3.00 bits per heavy atom. The van der Waals surface area contributed by atoms with Crippen molar-refractivity contribution in [1.82, 2.24) is 4.98 Å². The second-order valence-electron chi connectivity index (χ2n) is 2.78. The highest BCUT2D eigenvalue weighted by atomic mass is 32.1. The molecule has 0 amide bonds. The van der Waals surface area contributed by atoms with E-state index >= 15 is 0 Å². The van der Waals surface area contributed by atoms with Gasteiger partial charge in [0.2, 0.25) is 0 Å². The largest absolute Gasteiger partial charge is 0.241 e. The number of nitrogens with zero attached hydrogens (tertiary/aromatic N) is 1. The summed E-state index contributed by atoms with van der Waals surface area (Å²) < 4.78 is 1.27. The molecule has 2 rings (SSSR count). The summed E-state index contributed by atoms with van der Waals surface area (Å²) in [4.78, 5) is 4.50. The molecular weight excluding hydrogens is 198 g/mol. The van der Waals surface area contributed by atoms with E-state index in [4.69, 9.17) is 12.2 Å². The summed E-state index contributed by atoms with van der Waals surface area (Å²) in [5.74, 6) is 0. The Labute approximate surface area is 86.4 Å². The molecule has 0 aliphatic carbocycles. The maximum Gasteiger partial charge on any atom is 0.0942 e. The smallest absolute Gasteiger partial charge is 0.0942 e. The van der Waals surface area contributed by atoms with Crippen LogP contribution >= 0.6 is 23.6 Å². The fourth-order valence-corrected chi connectivity index (χ4v) is 2.31. The molecule has 0 fully saturated rings. The number of thiazole rings is 1. The fourth-order valence-electron chi connectivity index (χ4n) is 1.21. The van der Waals surface area contributed by atoms with Crippen molar-refractivity contribution in [3.63, 3.8) is 0 Å². The average molecular weight is 207 g/mol. The zero-order valence-corrected chi connectivity index (χ0v) is 8.70. The molecule has 0 unspecified atom stereocenters. The lowest BCUT2D eigenvalue weighted by Gasteiger charge is -1.85. The summed E-state index contributed by atoms with van der Waals surface area (Å²) >= 11 is 6.54. The lowest BCUT2D eigenvalue weighted by molar-refractivity contribution is 1.04. The monoisotopic (exact) mass is 207 g/mol. The fraction of sp³-hybridized carbons (Fsp3) is 0.200. The molecule has 0 radical (unpaired) electrons. The summed E-state index contributed by atoms with van der Waals surface area (Å²) in [5, 5.41) is 2.95. The Morgan fingerprint density at radius 2 is 2.23 bits per heavy atom. The summed E-state index contributed by atoms with van der Waals surface area (Å²) in [6.07, 6.45) is 1.91. The molecule has 1 aromatic carbocycles. The van der Waals surface area contributed by atoms with Crippen molar-refractivity contribution in [1.29, 1.82) is 0 Å². The third kappa shape index (κ3) is 1.92. The third-order valence-corrected chi connectivity index (χ3v) is 3.15. The number of aromatic nitrogens is 1. The minimum atomic E-state index is 0.940. The van der Waals surface area contributed by atoms with Crippen molar-refractivity contribution in [3.8, 4) is 0 Å². The molecule has 0 aliphatic heterocycles. The van der Waals surface area contributed by atoms with Gasteiger partial charge in [-0.05, 0) is 23.9 Å². The predicted molar refractivity (Wildman–Crippen MR) is 61.6 cm³/mol. The van der Waals surface area contributed by atoms with Gasteiger partial charge in [0.1, 0.15) is 0 Å². The van der Waals surface area contributed by atoms with Crippen molar-refractivity contribution < 1.29 is 0 Å². The van der Waals surface area contributed by atoms with Crippen LogP contribution in [0.3, 0.4) is 0 Å². The molecule has 1 aromatic heterocycles. The number of benzene rings is 1. The van der Waals surface area contributed by atoms with Crippen LogP contribution in [0, 0.1) is 0 Å². The van der Waals surface area contributed by atoms with E-state index in [1.165, 1.54) is 9.71 Å². The quantitative estimate of drug-likeness (QED) is 0.717. The van der Waals surface area contributed by atoms with Gasteiger partial charge in [-0.3, -0.25) is 0 Å². The Balaban J connectivity index is 2.32. The topological polar surface area (TPSA) is 12.9 Å². The minimum absolute atomic E-state index is 0.940. The van der Waals surface area contributed by atoms with Crippen molar-refractivity contribution >= 4 is 39.1 Å². The summed E-state index contributed by atoms with van der Waals surface area (Å²) in [6.45, 7) is 0. The number of rotatable bonds is 3. The first-order valence-electron chi connectivity index (χ1n) is 4.18. The number of fused-ring (bicyclic) bond motifs is 1. The van der Waals surface area contributed by atoms with Crippen LogP contribution in [-0.2, 0) is 6.42 Å². The van der Waals surface area contributed by atoms with Gasteiger partial charge in [0.05, 0.1) is 15.2 Å². The first-order chi connectivity index (χ1) is 6.40. The van der Waals surface area contributed by atoms with Gasteiger partial charge in [0.25, 0.3) is 0 Å². The van der Waals surface area contributed by atoms with Crippen molar-refractivity contribution in [2.75, 3.05) is 0 Å². The maximum atomic E-state index is 4.78. The maximum absolute atomic E-state index is 4.78. The molecule has 0 atom stereocenters. The molecule has 1 nitrogen and oxygen atoms in total. The Bertz CT molecular complexity index is 387. The van der Waals surface area contributed by atoms with Gasteiger partial charge in [0.15, 0.2) is 0 Å². The van der Waals surface area contributed by atoms with Crippen molar-refractivity contribution in [2.45, 2.75) is 12.8 Å². The van der Waals surface area contributed by atoms with Gasteiger partial charge in [-0.1, -0.05) is 24.4 Å². The van der Waals surface area contributed by atoms with E-state index in [0.29, 0.717) is 0 Å². The highest BCUT2D eigenvalue weighted by Crippen LogP contribution is 2.21. The van der Waals surface area contributed by atoms with E-state index in [1.807, 2.05) is 18.2 Å². The standard InChI is InChI=1S/C10H9NS2/c12-7-3-6-10-11-8-4-1-2-5-9(8)13-10/h1-2,4-5,7H,3,6H2. The van der Waals surface area contributed by atoms with Crippen molar-refractivity contribution in [3.05, 3.63) is 29.3 Å². The molecule has 0 saturated carbocycles. The van der Waals surface area contributed by atoms with E-state index in [1.54, 1.807) is 16.7 Å². The molecule has 13 heavy (non-hydrogen) atoms. The lowest BCUT2D eigenvalue weighted by Crippen LogP contribution is -1.81. The zero-order valence-electron chi connectivity index (χ0n) is 7.06. The SMILES string of the molecule is S=CCCc1nc2ccccc2s1. The van der Waals surface area contributed by atoms with E-state index in [0.717, 1.165) is 18.4 Å². The molecular formula is C10H9NS2. The van der Waals surface area contributed by atoms with Crippen LogP contribution in [0.2, 0.25) is 0 Å². The van der Waals surface area contributed by atoms with Crippen LogP contribution in [0.1, 0.15) is 11.4 Å². The molecule has 3 heteroatoms. The van der Waals surface area contributed by atoms with Crippen LogP contribution in [-0.4, -0.2) is 10.4 Å². The van der Waals surface area contributed by atoms with Crippen LogP contribution in [0.25, 0.3) is 10.2 Å². The number of thiocarbonyl (C=S) groups is 1. The van der Waals surface area contributed by atoms with Crippen molar-refractivity contribution in [2.24, 2.45) is 0 Å². The Kier molecular flexibility index (Phi) is 2.66. The predicted octanol–water partition coefficient (Wildman–Crippen LogP) is 3.23. The van der Waals surface area contributed by atoms with Crippen LogP contribution in [0.4, 0.5) is 0 Å². The Morgan fingerprint density at radius 1 is 1.38 bits per heavy atom. The van der Waals surface area contributed by atoms with Gasteiger partial charge in [-0.25, -0.2) is 4.98 Å². The van der Waals surface area contributed by atoms with Crippen LogP contribution in [0.15, 0.2) is 24.3 Å². The van der Waals surface area contributed by atoms with E-state index in [2.05, 4.69) is 11.1 Å². The number of hydrogen-bond acceptors (Lipinski definition) is 3. The van der Waals surface area contributed by atoms with Crippen LogP contribution < -0.4 is 0 Å². The summed E-state index contributed by atoms with van der Waals surface area (Å²) in [6, 6.07) is 8.22.